The van der Waals surface area contributed by atoms with Crippen molar-refractivity contribution in [1.29, 1.82) is 0 Å². The summed E-state index contributed by atoms with van der Waals surface area (Å²) in [4.78, 5) is 43.0. The van der Waals surface area contributed by atoms with Crippen LogP contribution in [-0.2, 0) is 28.7 Å². The van der Waals surface area contributed by atoms with Crippen LogP contribution in [0.4, 0.5) is 0 Å². The summed E-state index contributed by atoms with van der Waals surface area (Å²) >= 11 is 0. The van der Waals surface area contributed by atoms with Gasteiger partial charge in [0.1, 0.15) is 12.1 Å². The smallest absolute Gasteiger partial charge is 0.550 e. The van der Waals surface area contributed by atoms with E-state index in [0.29, 0.717) is 13.2 Å². The molecular formula is C26H48N2Na2O8. The van der Waals surface area contributed by atoms with Crippen LogP contribution in [-0.4, -0.2) is 49.2 Å². The van der Waals surface area contributed by atoms with Gasteiger partial charge in [-0.25, -0.2) is 0 Å². The van der Waals surface area contributed by atoms with Gasteiger partial charge in [-0.15, -0.1) is 0 Å². The molecular weight excluding hydrogens is 514 g/mol. The number of carboxylic acid groups (broad SMARTS) is 2. The molecule has 0 aromatic carbocycles. The van der Waals surface area contributed by atoms with E-state index >= 15 is 0 Å². The van der Waals surface area contributed by atoms with Gasteiger partial charge in [-0.1, -0.05) is 78.1 Å². The molecule has 0 heterocycles. The van der Waals surface area contributed by atoms with Gasteiger partial charge in [0.15, 0.2) is 0 Å². The first-order valence-corrected chi connectivity index (χ1v) is 13.4. The van der Waals surface area contributed by atoms with Gasteiger partial charge >= 0.3 is 71.1 Å². The standard InChI is InChI=1S/2C13H25NO4.2Na/c2*1-2-3-4-5-6-7-10-18-13(17)11(14)8-9-12(15)16;;/h2*11H,2-10,14H2,1H3,(H,15,16);;/q;;2*+1/p-2/t2*11-;;/m00../s1. The molecule has 0 spiro atoms. The van der Waals surface area contributed by atoms with E-state index in [1.807, 2.05) is 0 Å². The Morgan fingerprint density at radius 2 is 0.868 bits per heavy atom. The molecule has 4 N–H and O–H groups in total. The van der Waals surface area contributed by atoms with E-state index in [4.69, 9.17) is 20.9 Å². The number of esters is 2. The molecule has 0 aromatic heterocycles. The van der Waals surface area contributed by atoms with Crippen LogP contribution in [0.1, 0.15) is 117 Å². The van der Waals surface area contributed by atoms with Crippen LogP contribution < -0.4 is 80.8 Å². The number of ether oxygens (including phenoxy) is 2. The number of hydrogen-bond acceptors (Lipinski definition) is 10. The summed E-state index contributed by atoms with van der Waals surface area (Å²) in [5.74, 6) is -3.45. The fraction of sp³-hybridized carbons (Fsp3) is 0.846. The minimum Gasteiger partial charge on any atom is -0.550 e. The maximum absolute atomic E-state index is 11.3. The van der Waals surface area contributed by atoms with Crippen molar-refractivity contribution in [3.63, 3.8) is 0 Å². The number of carbonyl (C=O) groups is 4. The molecule has 0 fully saturated rings. The van der Waals surface area contributed by atoms with Gasteiger partial charge < -0.3 is 40.7 Å². The molecule has 0 saturated carbocycles. The van der Waals surface area contributed by atoms with Gasteiger partial charge in [-0.3, -0.25) is 9.59 Å². The number of unbranched alkanes of at least 4 members (excludes halogenated alkanes) is 10. The Morgan fingerprint density at radius 1 is 0.579 bits per heavy atom. The zero-order chi connectivity index (χ0) is 27.6. The summed E-state index contributed by atoms with van der Waals surface area (Å²) in [6.07, 6.45) is 13.1. The van der Waals surface area contributed by atoms with Crippen molar-refractivity contribution in [2.75, 3.05) is 13.2 Å². The molecule has 0 unspecified atom stereocenters. The maximum atomic E-state index is 11.3. The molecule has 0 aliphatic carbocycles. The summed E-state index contributed by atoms with van der Waals surface area (Å²) in [6.45, 7) is 5.06. The fourth-order valence-electron chi connectivity index (χ4n) is 3.11. The third kappa shape index (κ3) is 33.8. The summed E-state index contributed by atoms with van der Waals surface area (Å²) < 4.78 is 9.93. The average Bonchev–Trinajstić information content (AvgIpc) is 2.84. The molecule has 38 heavy (non-hydrogen) atoms. The van der Waals surface area contributed by atoms with Crippen molar-refractivity contribution >= 4 is 23.9 Å². The van der Waals surface area contributed by atoms with E-state index in [1.165, 1.54) is 38.5 Å². The van der Waals surface area contributed by atoms with E-state index in [2.05, 4.69) is 13.8 Å². The first-order chi connectivity index (χ1) is 17.1. The number of rotatable bonds is 22. The van der Waals surface area contributed by atoms with Gasteiger partial charge in [0.2, 0.25) is 0 Å². The second kappa shape index (κ2) is 33.0. The number of hydrogen-bond donors (Lipinski definition) is 2. The molecule has 12 heteroatoms. The summed E-state index contributed by atoms with van der Waals surface area (Å²) in [7, 11) is 0. The Bertz CT molecular complexity index is 548. The van der Waals surface area contributed by atoms with E-state index in [1.54, 1.807) is 0 Å². The third-order valence-corrected chi connectivity index (χ3v) is 5.41. The normalized spacial score (nSPS) is 11.5. The third-order valence-electron chi connectivity index (χ3n) is 5.41. The van der Waals surface area contributed by atoms with Crippen molar-refractivity contribution in [3.05, 3.63) is 0 Å². The maximum Gasteiger partial charge on any atom is 1.00 e. The molecule has 0 aliphatic rings. The van der Waals surface area contributed by atoms with Crippen molar-refractivity contribution in [2.45, 2.75) is 129 Å². The van der Waals surface area contributed by atoms with Gasteiger partial charge in [0, 0.05) is 11.9 Å². The van der Waals surface area contributed by atoms with Crippen LogP contribution >= 0.6 is 0 Å². The first kappa shape index (κ1) is 44.8. The van der Waals surface area contributed by atoms with Crippen LogP contribution in [0, 0.1) is 0 Å². The molecule has 212 valence electrons. The monoisotopic (exact) mass is 562 g/mol. The van der Waals surface area contributed by atoms with E-state index < -0.39 is 36.0 Å². The second-order valence-electron chi connectivity index (χ2n) is 8.90. The van der Waals surface area contributed by atoms with Crippen LogP contribution in [0.5, 0.6) is 0 Å². The average molecular weight is 563 g/mol. The molecule has 0 radical (unpaired) electrons. The van der Waals surface area contributed by atoms with Crippen LogP contribution in [0.25, 0.3) is 0 Å². The summed E-state index contributed by atoms with van der Waals surface area (Å²) in [6, 6.07) is -1.72. The minimum absolute atomic E-state index is 0. The summed E-state index contributed by atoms with van der Waals surface area (Å²) in [5, 5.41) is 20.4. The van der Waals surface area contributed by atoms with Crippen LogP contribution in [0.3, 0.4) is 0 Å². The minimum atomic E-state index is -1.20. The molecule has 0 bridgehead atoms. The fourth-order valence-corrected chi connectivity index (χ4v) is 3.11. The Balaban J connectivity index is -0.000000289. The van der Waals surface area contributed by atoms with E-state index in [9.17, 15) is 29.4 Å². The molecule has 10 nitrogen and oxygen atoms in total. The molecule has 0 saturated heterocycles. The molecule has 0 amide bonds. The van der Waals surface area contributed by atoms with Crippen LogP contribution in [0.2, 0.25) is 0 Å². The Morgan fingerprint density at radius 3 is 1.16 bits per heavy atom. The van der Waals surface area contributed by atoms with Gasteiger partial charge in [-0.2, -0.15) is 0 Å². The first-order valence-electron chi connectivity index (χ1n) is 13.4. The molecule has 0 rings (SSSR count). The largest absolute Gasteiger partial charge is 1.00 e. The Labute approximate surface area is 273 Å². The van der Waals surface area contributed by atoms with Gasteiger partial charge in [0.05, 0.1) is 13.2 Å². The molecule has 2 atom stereocenters. The zero-order valence-electron chi connectivity index (χ0n) is 24.3. The van der Waals surface area contributed by atoms with Gasteiger partial charge in [0.25, 0.3) is 0 Å². The van der Waals surface area contributed by atoms with E-state index in [0.717, 1.165) is 38.5 Å². The topological polar surface area (TPSA) is 185 Å². The number of aliphatic carboxylic acids is 2. The quantitative estimate of drug-likeness (QED) is 0.0740. The van der Waals surface area contributed by atoms with Crippen molar-refractivity contribution in [3.8, 4) is 0 Å². The predicted octanol–water partition coefficient (Wildman–Crippen LogP) is -4.50. The summed E-state index contributed by atoms with van der Waals surface area (Å²) in [5.41, 5.74) is 11.0. The van der Waals surface area contributed by atoms with Crippen molar-refractivity contribution < 1.29 is 98.0 Å². The predicted molar refractivity (Wildman–Crippen MR) is 133 cm³/mol. The number of nitrogens with two attached hydrogens (primary N) is 2. The van der Waals surface area contributed by atoms with Crippen LogP contribution in [0.15, 0.2) is 0 Å². The SMILES string of the molecule is CCCCCCCCOC(=O)[C@@H](N)CCC(=O)[O-].CCCCCCCCOC(=O)[C@@H](N)CCC(=O)[O-].[Na+].[Na+]. The van der Waals surface area contributed by atoms with Gasteiger partial charge in [-0.05, 0) is 38.5 Å². The molecule has 0 aromatic rings. The Hall–Kier alpha value is -0.200. The zero-order valence-corrected chi connectivity index (χ0v) is 28.3. The second-order valence-corrected chi connectivity index (χ2v) is 8.90. The Kier molecular flexibility index (Phi) is 38.9. The number of carboxylic acids is 2. The molecule has 0 aliphatic heterocycles. The van der Waals surface area contributed by atoms with Crippen molar-refractivity contribution in [1.82, 2.24) is 0 Å². The number of carbonyl (C=O) groups excluding carboxylic acids is 4. The van der Waals surface area contributed by atoms with Crippen molar-refractivity contribution in [2.24, 2.45) is 11.5 Å². The van der Waals surface area contributed by atoms with E-state index in [-0.39, 0.29) is 84.8 Å².